The standard InChI is InChI=1S/C15H22ClNO2/c1-5-13-8-6-7-11(2)15(13)17(14(18)9-16)12(3)10-19-4/h6-8,12H,5,9-10H2,1-4H3/t12-/m1/s1/i3D3,10D2,12D. The number of halogens is 1. The highest BCUT2D eigenvalue weighted by Gasteiger charge is 2.24. The molecule has 0 aromatic heterocycles. The Kier molecular flexibility index (Phi) is 3.55. The minimum atomic E-state index is -3.21. The van der Waals surface area contributed by atoms with Crippen LogP contribution in [0.4, 0.5) is 5.69 Å². The molecule has 0 saturated carbocycles. The molecule has 0 N–H and O–H groups in total. The van der Waals surface area contributed by atoms with Crippen molar-refractivity contribution in [3.63, 3.8) is 0 Å². The van der Waals surface area contributed by atoms with Crippen LogP contribution in [0.15, 0.2) is 18.2 Å². The summed E-state index contributed by atoms with van der Waals surface area (Å²) in [4.78, 5) is 13.2. The first-order valence-corrected chi connectivity index (χ1v) is 6.45. The van der Waals surface area contributed by atoms with E-state index >= 15 is 0 Å². The van der Waals surface area contributed by atoms with E-state index in [4.69, 9.17) is 19.8 Å². The minimum Gasteiger partial charge on any atom is -0.383 e. The van der Waals surface area contributed by atoms with Crippen LogP contribution in [0.1, 0.15) is 33.1 Å². The Bertz CT molecular complexity index is 637. The number of methoxy groups -OCH3 is 1. The Morgan fingerprint density at radius 1 is 1.68 bits per heavy atom. The van der Waals surface area contributed by atoms with E-state index in [0.717, 1.165) is 7.11 Å². The number of hydrogen-bond acceptors (Lipinski definition) is 2. The molecule has 0 aliphatic rings. The molecule has 0 aliphatic heterocycles. The van der Waals surface area contributed by atoms with E-state index < -0.39 is 31.2 Å². The van der Waals surface area contributed by atoms with Crippen LogP contribution < -0.4 is 4.90 Å². The van der Waals surface area contributed by atoms with Crippen LogP contribution in [0.5, 0.6) is 0 Å². The molecule has 19 heavy (non-hydrogen) atoms. The van der Waals surface area contributed by atoms with Crippen molar-refractivity contribution in [1.29, 1.82) is 0 Å². The van der Waals surface area contributed by atoms with Gasteiger partial charge in [-0.1, -0.05) is 25.1 Å². The number of ether oxygens (including phenoxy) is 1. The fourth-order valence-corrected chi connectivity index (χ4v) is 2.01. The number of amides is 1. The van der Waals surface area contributed by atoms with Crippen LogP contribution in [-0.4, -0.2) is 31.5 Å². The Balaban J connectivity index is 3.90. The summed E-state index contributed by atoms with van der Waals surface area (Å²) >= 11 is 5.67. The molecule has 0 bridgehead atoms. The summed E-state index contributed by atoms with van der Waals surface area (Å²) in [6.45, 7) is -2.71. The van der Waals surface area contributed by atoms with Crippen LogP contribution in [0, 0.1) is 6.92 Å². The third-order valence-electron chi connectivity index (χ3n) is 2.71. The largest absolute Gasteiger partial charge is 0.383 e. The fraction of sp³-hybridized carbons (Fsp3) is 0.533. The first kappa shape index (κ1) is 8.98. The van der Waals surface area contributed by atoms with Crippen molar-refractivity contribution in [1.82, 2.24) is 0 Å². The molecule has 3 nitrogen and oxygen atoms in total. The highest BCUT2D eigenvalue weighted by molar-refractivity contribution is 6.29. The van der Waals surface area contributed by atoms with Gasteiger partial charge in [-0.3, -0.25) is 4.79 Å². The van der Waals surface area contributed by atoms with E-state index in [0.29, 0.717) is 22.4 Å². The van der Waals surface area contributed by atoms with E-state index in [2.05, 4.69) is 4.74 Å². The molecule has 1 aromatic carbocycles. The molecule has 0 heterocycles. The lowest BCUT2D eigenvalue weighted by Gasteiger charge is -2.31. The Morgan fingerprint density at radius 2 is 2.42 bits per heavy atom. The average molecular weight is 290 g/mol. The van der Waals surface area contributed by atoms with E-state index in [-0.39, 0.29) is 5.69 Å². The predicted molar refractivity (Wildman–Crippen MR) is 80.1 cm³/mol. The number of rotatable bonds is 6. The van der Waals surface area contributed by atoms with Crippen molar-refractivity contribution in [3.05, 3.63) is 29.3 Å². The molecular formula is C15H22ClNO2. The highest BCUT2D eigenvalue weighted by Crippen LogP contribution is 2.28. The van der Waals surface area contributed by atoms with Gasteiger partial charge in [0.1, 0.15) is 5.88 Å². The lowest BCUT2D eigenvalue weighted by Crippen LogP contribution is -2.43. The number of aryl methyl sites for hydroxylation is 2. The van der Waals surface area contributed by atoms with Crippen LogP contribution in [-0.2, 0) is 16.0 Å². The summed E-state index contributed by atoms with van der Waals surface area (Å²) in [5, 5.41) is 0. The molecule has 0 radical (unpaired) electrons. The van der Waals surface area contributed by atoms with Gasteiger partial charge < -0.3 is 9.64 Å². The third kappa shape index (κ3) is 3.71. The van der Waals surface area contributed by atoms with Crippen molar-refractivity contribution in [3.8, 4) is 0 Å². The fourth-order valence-electron chi connectivity index (χ4n) is 1.89. The van der Waals surface area contributed by atoms with Crippen molar-refractivity contribution >= 4 is 23.2 Å². The van der Waals surface area contributed by atoms with Gasteiger partial charge >= 0.3 is 0 Å². The first-order valence-electron chi connectivity index (χ1n) is 8.91. The van der Waals surface area contributed by atoms with Gasteiger partial charge in [0.2, 0.25) is 5.91 Å². The molecule has 0 unspecified atom stereocenters. The highest BCUT2D eigenvalue weighted by atomic mass is 35.5. The number of hydrogen-bond donors (Lipinski definition) is 0. The van der Waals surface area contributed by atoms with Gasteiger partial charge in [-0.15, -0.1) is 11.6 Å². The molecular weight excluding hydrogens is 262 g/mol. The summed E-state index contributed by atoms with van der Waals surface area (Å²) in [5.41, 5.74) is 1.31. The molecule has 0 saturated heterocycles. The molecule has 0 aliphatic carbocycles. The number of alkyl halides is 1. The number of benzene rings is 1. The zero-order chi connectivity index (χ0) is 19.6. The van der Waals surface area contributed by atoms with Gasteiger partial charge in [-0.05, 0) is 31.3 Å². The molecule has 1 atom stereocenters. The van der Waals surface area contributed by atoms with Crippen LogP contribution in [0.25, 0.3) is 0 Å². The smallest absolute Gasteiger partial charge is 0.242 e. The normalized spacial score (nSPS) is 20.0. The zero-order valence-electron chi connectivity index (χ0n) is 17.3. The van der Waals surface area contributed by atoms with Crippen molar-refractivity contribution < 1.29 is 17.8 Å². The minimum absolute atomic E-state index is 0.169. The second kappa shape index (κ2) is 7.51. The Labute approximate surface area is 128 Å². The number of para-hydroxylation sites is 1. The van der Waals surface area contributed by atoms with E-state index in [1.54, 1.807) is 25.1 Å². The lowest BCUT2D eigenvalue weighted by molar-refractivity contribution is -0.116. The maximum Gasteiger partial charge on any atom is 0.242 e. The van der Waals surface area contributed by atoms with E-state index in [1.807, 2.05) is 6.92 Å². The maximum absolute atomic E-state index is 12.6. The van der Waals surface area contributed by atoms with Crippen molar-refractivity contribution in [2.75, 3.05) is 24.4 Å². The average Bonchev–Trinajstić information content (AvgIpc) is 2.54. The molecule has 0 fully saturated rings. The van der Waals surface area contributed by atoms with Gasteiger partial charge in [-0.25, -0.2) is 0 Å². The number of carbonyl (C=O) groups is 1. The van der Waals surface area contributed by atoms with Gasteiger partial charge in [0, 0.05) is 11.2 Å². The zero-order valence-corrected chi connectivity index (χ0v) is 12.0. The van der Waals surface area contributed by atoms with Crippen molar-refractivity contribution in [2.45, 2.75) is 33.1 Å². The third-order valence-corrected chi connectivity index (χ3v) is 2.94. The van der Waals surface area contributed by atoms with Gasteiger partial charge in [0.05, 0.1) is 22.4 Å². The summed E-state index contributed by atoms with van der Waals surface area (Å²) < 4.78 is 52.6. The maximum atomic E-state index is 12.6. The summed E-state index contributed by atoms with van der Waals surface area (Å²) in [7, 11) is 0.955. The first-order chi connectivity index (χ1) is 11.4. The topological polar surface area (TPSA) is 29.5 Å². The quantitative estimate of drug-likeness (QED) is 0.753. The summed E-state index contributed by atoms with van der Waals surface area (Å²) in [6.07, 6.45) is 0.455. The Morgan fingerprint density at radius 3 is 2.95 bits per heavy atom. The SMILES string of the molecule is [2H]C([2H])([2H])[C@@]([2H])(N(C(=O)CCl)c1c(C)cccc1CC)C([2H])([2H])OC. The molecule has 1 amide bonds. The molecule has 0 spiro atoms. The van der Waals surface area contributed by atoms with E-state index in [9.17, 15) is 4.79 Å². The van der Waals surface area contributed by atoms with Crippen LogP contribution in [0.2, 0.25) is 0 Å². The lowest BCUT2D eigenvalue weighted by atomic mass is 10.0. The van der Waals surface area contributed by atoms with Crippen LogP contribution in [0.3, 0.4) is 0 Å². The monoisotopic (exact) mass is 289 g/mol. The van der Waals surface area contributed by atoms with E-state index in [1.165, 1.54) is 0 Å². The Hall–Kier alpha value is -1.06. The van der Waals surface area contributed by atoms with Crippen LogP contribution >= 0.6 is 11.6 Å². The molecule has 4 heteroatoms. The number of anilines is 1. The van der Waals surface area contributed by atoms with Gasteiger partial charge in [0.25, 0.3) is 0 Å². The number of nitrogens with zero attached hydrogens (tertiary/aromatic N) is 1. The molecule has 1 rings (SSSR count). The summed E-state index contributed by atoms with van der Waals surface area (Å²) in [6, 6.07) is 2.06. The number of carbonyl (C=O) groups excluding carboxylic acids is 1. The van der Waals surface area contributed by atoms with Gasteiger partial charge in [-0.2, -0.15) is 0 Å². The predicted octanol–water partition coefficient (Wildman–Crippen LogP) is 3.16. The molecule has 1 aromatic rings. The van der Waals surface area contributed by atoms with Gasteiger partial charge in [0.15, 0.2) is 0 Å². The van der Waals surface area contributed by atoms with Crippen molar-refractivity contribution in [2.24, 2.45) is 0 Å². The second-order valence-corrected chi connectivity index (χ2v) is 4.22. The summed E-state index contributed by atoms with van der Waals surface area (Å²) in [5.74, 6) is -1.49. The second-order valence-electron chi connectivity index (χ2n) is 3.95. The molecule has 106 valence electrons.